The molecule has 0 aliphatic heterocycles. The zero-order valence-electron chi connectivity index (χ0n) is 11.7. The summed E-state index contributed by atoms with van der Waals surface area (Å²) in [5.74, 6) is 0.715. The molecule has 0 spiro atoms. The van der Waals surface area contributed by atoms with E-state index in [2.05, 4.69) is 0 Å². The van der Waals surface area contributed by atoms with E-state index in [1.165, 1.54) is 12.0 Å². The van der Waals surface area contributed by atoms with Gasteiger partial charge in [-0.2, -0.15) is 0 Å². The summed E-state index contributed by atoms with van der Waals surface area (Å²) >= 11 is 7.42. The Morgan fingerprint density at radius 1 is 1.45 bits per heavy atom. The summed E-state index contributed by atoms with van der Waals surface area (Å²) in [6, 6.07) is 7.53. The van der Waals surface area contributed by atoms with E-state index in [0.29, 0.717) is 17.2 Å². The Hall–Kier alpha value is -0.750. The van der Waals surface area contributed by atoms with Crippen molar-refractivity contribution in [3.63, 3.8) is 0 Å². The molecular formula is C14H20ClNO3S. The van der Waals surface area contributed by atoms with Crippen LogP contribution in [0.15, 0.2) is 29.2 Å². The molecular weight excluding hydrogens is 298 g/mol. The van der Waals surface area contributed by atoms with Crippen LogP contribution in [0.3, 0.4) is 0 Å². The summed E-state index contributed by atoms with van der Waals surface area (Å²) in [4.78, 5) is 14.5. The SMILES string of the molecule is COCC(O)CN(C)C(=O)CCSc1ccc(Cl)cc1. The standard InChI is InChI=1S/C14H20ClNO3S/c1-16(9-12(17)10-19-2)14(18)7-8-20-13-5-3-11(15)4-6-13/h3-6,12,17H,7-10H2,1-2H3. The number of amides is 1. The lowest BCUT2D eigenvalue weighted by molar-refractivity contribution is -0.131. The molecule has 1 N–H and O–H groups in total. The van der Waals surface area contributed by atoms with Crippen molar-refractivity contribution in [2.24, 2.45) is 0 Å². The summed E-state index contributed by atoms with van der Waals surface area (Å²) in [6.45, 7) is 0.523. The van der Waals surface area contributed by atoms with Crippen LogP contribution in [0.25, 0.3) is 0 Å². The van der Waals surface area contributed by atoms with Gasteiger partial charge in [0.2, 0.25) is 5.91 Å². The summed E-state index contributed by atoms with van der Waals surface area (Å²) in [5.41, 5.74) is 0. The lowest BCUT2D eigenvalue weighted by Gasteiger charge is -2.20. The number of carbonyl (C=O) groups excluding carboxylic acids is 1. The zero-order valence-corrected chi connectivity index (χ0v) is 13.3. The fourth-order valence-electron chi connectivity index (χ4n) is 1.64. The Morgan fingerprint density at radius 2 is 2.10 bits per heavy atom. The first-order valence-electron chi connectivity index (χ1n) is 6.32. The predicted octanol–water partition coefficient (Wildman–Crippen LogP) is 2.29. The highest BCUT2D eigenvalue weighted by Crippen LogP contribution is 2.21. The van der Waals surface area contributed by atoms with Gasteiger partial charge in [0, 0.05) is 42.8 Å². The third-order valence-corrected chi connectivity index (χ3v) is 3.93. The molecule has 0 radical (unpaired) electrons. The number of hydrogen-bond acceptors (Lipinski definition) is 4. The number of aliphatic hydroxyl groups is 1. The van der Waals surface area contributed by atoms with E-state index in [4.69, 9.17) is 16.3 Å². The molecule has 0 aliphatic carbocycles. The molecule has 1 aromatic carbocycles. The first kappa shape index (κ1) is 17.3. The van der Waals surface area contributed by atoms with E-state index in [-0.39, 0.29) is 19.1 Å². The van der Waals surface area contributed by atoms with Crippen molar-refractivity contribution in [2.45, 2.75) is 17.4 Å². The van der Waals surface area contributed by atoms with Crippen LogP contribution in [0.2, 0.25) is 5.02 Å². The second-order valence-electron chi connectivity index (χ2n) is 4.44. The second-order valence-corrected chi connectivity index (χ2v) is 6.04. The smallest absolute Gasteiger partial charge is 0.223 e. The van der Waals surface area contributed by atoms with Gasteiger partial charge in [0.25, 0.3) is 0 Å². The minimum Gasteiger partial charge on any atom is -0.389 e. The summed E-state index contributed by atoms with van der Waals surface area (Å²) in [5, 5.41) is 10.3. The average Bonchev–Trinajstić information content (AvgIpc) is 2.41. The highest BCUT2D eigenvalue weighted by atomic mass is 35.5. The third-order valence-electron chi connectivity index (χ3n) is 2.67. The van der Waals surface area contributed by atoms with Crippen LogP contribution in [-0.4, -0.2) is 55.1 Å². The van der Waals surface area contributed by atoms with Crippen molar-refractivity contribution >= 4 is 29.3 Å². The molecule has 4 nitrogen and oxygen atoms in total. The number of hydrogen-bond donors (Lipinski definition) is 1. The molecule has 112 valence electrons. The van der Waals surface area contributed by atoms with Gasteiger partial charge in [-0.3, -0.25) is 4.79 Å². The van der Waals surface area contributed by atoms with E-state index in [9.17, 15) is 9.90 Å². The molecule has 6 heteroatoms. The summed E-state index contributed by atoms with van der Waals surface area (Å²) in [7, 11) is 3.21. The van der Waals surface area contributed by atoms with Gasteiger partial charge >= 0.3 is 0 Å². The fraction of sp³-hybridized carbons (Fsp3) is 0.500. The van der Waals surface area contributed by atoms with Crippen LogP contribution in [0.5, 0.6) is 0 Å². The van der Waals surface area contributed by atoms with Crippen molar-refractivity contribution in [3.8, 4) is 0 Å². The molecule has 0 saturated carbocycles. The molecule has 1 unspecified atom stereocenters. The van der Waals surface area contributed by atoms with Gasteiger partial charge in [-0.25, -0.2) is 0 Å². The van der Waals surface area contributed by atoms with E-state index in [0.717, 1.165) is 4.90 Å². The van der Waals surface area contributed by atoms with Crippen LogP contribution in [0.1, 0.15) is 6.42 Å². The van der Waals surface area contributed by atoms with Gasteiger partial charge in [0.15, 0.2) is 0 Å². The van der Waals surface area contributed by atoms with Crippen molar-refractivity contribution in [2.75, 3.05) is 33.1 Å². The Bertz CT molecular complexity index is 413. The number of likely N-dealkylation sites (N-methyl/N-ethyl adjacent to an activating group) is 1. The Kier molecular flexibility index (Phi) is 7.99. The van der Waals surface area contributed by atoms with Crippen molar-refractivity contribution in [1.29, 1.82) is 0 Å². The van der Waals surface area contributed by atoms with Gasteiger partial charge in [-0.1, -0.05) is 11.6 Å². The monoisotopic (exact) mass is 317 g/mol. The largest absolute Gasteiger partial charge is 0.389 e. The number of rotatable bonds is 8. The minimum absolute atomic E-state index is 0.0154. The molecule has 1 rings (SSSR count). The van der Waals surface area contributed by atoms with E-state index in [1.54, 1.807) is 18.8 Å². The predicted molar refractivity (Wildman–Crippen MR) is 82.3 cm³/mol. The number of halogens is 1. The lowest BCUT2D eigenvalue weighted by Crippen LogP contribution is -2.36. The number of thioether (sulfide) groups is 1. The molecule has 1 aromatic rings. The van der Waals surface area contributed by atoms with Crippen LogP contribution in [-0.2, 0) is 9.53 Å². The van der Waals surface area contributed by atoms with Gasteiger partial charge in [-0.15, -0.1) is 11.8 Å². The molecule has 1 atom stereocenters. The van der Waals surface area contributed by atoms with E-state index >= 15 is 0 Å². The Labute approximate surface area is 129 Å². The molecule has 0 bridgehead atoms. The van der Waals surface area contributed by atoms with E-state index in [1.807, 2.05) is 24.3 Å². The van der Waals surface area contributed by atoms with Crippen LogP contribution < -0.4 is 0 Å². The van der Waals surface area contributed by atoms with Gasteiger partial charge in [-0.05, 0) is 24.3 Å². The number of ether oxygens (including phenoxy) is 1. The van der Waals surface area contributed by atoms with Crippen molar-refractivity contribution in [3.05, 3.63) is 29.3 Å². The number of nitrogens with zero attached hydrogens (tertiary/aromatic N) is 1. The van der Waals surface area contributed by atoms with Gasteiger partial charge in [0.1, 0.15) is 0 Å². The second kappa shape index (κ2) is 9.23. The molecule has 0 aromatic heterocycles. The van der Waals surface area contributed by atoms with Crippen LogP contribution >= 0.6 is 23.4 Å². The van der Waals surface area contributed by atoms with Gasteiger partial charge in [0.05, 0.1) is 12.7 Å². The van der Waals surface area contributed by atoms with Crippen LogP contribution in [0, 0.1) is 0 Å². The summed E-state index contributed by atoms with van der Waals surface area (Å²) < 4.78 is 4.83. The average molecular weight is 318 g/mol. The topological polar surface area (TPSA) is 49.8 Å². The normalized spacial score (nSPS) is 12.2. The maximum atomic E-state index is 11.9. The molecule has 0 heterocycles. The molecule has 0 aliphatic rings. The number of benzene rings is 1. The Balaban J connectivity index is 2.26. The van der Waals surface area contributed by atoms with Crippen molar-refractivity contribution in [1.82, 2.24) is 4.90 Å². The maximum absolute atomic E-state index is 11.9. The number of aliphatic hydroxyl groups excluding tert-OH is 1. The number of methoxy groups -OCH3 is 1. The molecule has 0 saturated heterocycles. The molecule has 20 heavy (non-hydrogen) atoms. The highest BCUT2D eigenvalue weighted by molar-refractivity contribution is 7.99. The first-order valence-corrected chi connectivity index (χ1v) is 7.68. The van der Waals surface area contributed by atoms with Gasteiger partial charge < -0.3 is 14.7 Å². The van der Waals surface area contributed by atoms with Crippen LogP contribution in [0.4, 0.5) is 0 Å². The number of carbonyl (C=O) groups is 1. The zero-order chi connectivity index (χ0) is 15.0. The maximum Gasteiger partial charge on any atom is 0.223 e. The fourth-order valence-corrected chi connectivity index (χ4v) is 2.61. The quantitative estimate of drug-likeness (QED) is 0.747. The van der Waals surface area contributed by atoms with Crippen molar-refractivity contribution < 1.29 is 14.6 Å². The first-order chi connectivity index (χ1) is 9.52. The molecule has 1 amide bonds. The highest BCUT2D eigenvalue weighted by Gasteiger charge is 2.13. The summed E-state index contributed by atoms with van der Waals surface area (Å²) in [6.07, 6.45) is -0.207. The third kappa shape index (κ3) is 6.61. The lowest BCUT2D eigenvalue weighted by atomic mass is 10.3. The molecule has 0 fully saturated rings. The van der Waals surface area contributed by atoms with E-state index < -0.39 is 6.10 Å². The Morgan fingerprint density at radius 3 is 2.70 bits per heavy atom. The minimum atomic E-state index is -0.641.